The van der Waals surface area contributed by atoms with Crippen LogP contribution in [0.15, 0.2) is 35.2 Å². The number of benzene rings is 1. The van der Waals surface area contributed by atoms with Crippen molar-refractivity contribution in [2.24, 2.45) is 5.92 Å². The fourth-order valence-electron chi connectivity index (χ4n) is 2.96. The molecule has 1 aliphatic carbocycles. The molecule has 122 valence electrons. The molecule has 0 bridgehead atoms. The van der Waals surface area contributed by atoms with Crippen molar-refractivity contribution in [2.45, 2.75) is 56.1 Å². The van der Waals surface area contributed by atoms with E-state index in [4.69, 9.17) is 0 Å². The Labute approximate surface area is 134 Å². The van der Waals surface area contributed by atoms with Crippen LogP contribution in [0.2, 0.25) is 0 Å². The third kappa shape index (κ3) is 3.99. The number of sulfone groups is 1. The predicted octanol–water partition coefficient (Wildman–Crippen LogP) is 3.82. The van der Waals surface area contributed by atoms with E-state index in [2.05, 4.69) is 6.08 Å². The van der Waals surface area contributed by atoms with Crippen molar-refractivity contribution in [3.05, 3.63) is 35.9 Å². The van der Waals surface area contributed by atoms with Crippen LogP contribution in [-0.2, 0) is 9.84 Å². The fraction of sp³-hybridized carbons (Fsp3) is 0.556. The molecule has 0 spiro atoms. The molecule has 0 atom stereocenters. The van der Waals surface area contributed by atoms with Crippen LogP contribution < -0.4 is 0 Å². The standard InChI is InChI=1S/C18H26O3S/c1-14(2)22(20,21)18-10-8-16(9-11-18)17(13-19)12-15-6-4-3-5-7-15/h8-12,14-15,19H,3-7,13H2,1-2H3. The van der Waals surface area contributed by atoms with Gasteiger partial charge in [-0.3, -0.25) is 0 Å². The fourth-order valence-corrected chi connectivity index (χ4v) is 4.02. The zero-order valence-electron chi connectivity index (χ0n) is 13.5. The van der Waals surface area contributed by atoms with E-state index < -0.39 is 15.1 Å². The molecule has 22 heavy (non-hydrogen) atoms. The number of allylic oxidation sites excluding steroid dienone is 1. The van der Waals surface area contributed by atoms with E-state index in [0.717, 1.165) is 11.1 Å². The van der Waals surface area contributed by atoms with Crippen LogP contribution in [0.4, 0.5) is 0 Å². The summed E-state index contributed by atoms with van der Waals surface area (Å²) in [5, 5.41) is 9.22. The Bertz CT molecular complexity index is 606. The molecule has 0 aromatic heterocycles. The Balaban J connectivity index is 2.22. The molecule has 1 aromatic rings. The largest absolute Gasteiger partial charge is 0.392 e. The molecular formula is C18H26O3S. The smallest absolute Gasteiger partial charge is 0.180 e. The average Bonchev–Trinajstić information content (AvgIpc) is 2.53. The summed E-state index contributed by atoms with van der Waals surface area (Å²) in [6.45, 7) is 3.36. The second-order valence-corrected chi connectivity index (χ2v) is 8.87. The highest BCUT2D eigenvalue weighted by atomic mass is 32.2. The first-order valence-electron chi connectivity index (χ1n) is 8.11. The van der Waals surface area contributed by atoms with Crippen LogP contribution in [0, 0.1) is 5.92 Å². The summed E-state index contributed by atoms with van der Waals surface area (Å²) in [4.78, 5) is 0.348. The molecule has 0 amide bonds. The molecular weight excluding hydrogens is 296 g/mol. The van der Waals surface area contributed by atoms with Crippen molar-refractivity contribution in [3.63, 3.8) is 0 Å². The molecule has 2 rings (SSSR count). The van der Waals surface area contributed by atoms with Gasteiger partial charge in [0.1, 0.15) is 0 Å². The molecule has 1 fully saturated rings. The zero-order valence-corrected chi connectivity index (χ0v) is 14.3. The maximum absolute atomic E-state index is 12.1. The van der Waals surface area contributed by atoms with Gasteiger partial charge in [0.25, 0.3) is 0 Å². The zero-order chi connectivity index (χ0) is 16.2. The summed E-state index contributed by atoms with van der Waals surface area (Å²) >= 11 is 0. The van der Waals surface area contributed by atoms with Crippen LogP contribution in [0.1, 0.15) is 51.5 Å². The second kappa shape index (κ2) is 7.42. The number of hydrogen-bond acceptors (Lipinski definition) is 3. The Kier molecular flexibility index (Phi) is 5.81. The SMILES string of the molecule is CC(C)S(=O)(=O)c1ccc(C(=CC2CCCCC2)CO)cc1. The minimum Gasteiger partial charge on any atom is -0.392 e. The lowest BCUT2D eigenvalue weighted by Crippen LogP contribution is -2.13. The van der Waals surface area contributed by atoms with Crippen molar-refractivity contribution >= 4 is 15.4 Å². The van der Waals surface area contributed by atoms with Crippen LogP contribution in [0.25, 0.3) is 5.57 Å². The first-order chi connectivity index (χ1) is 10.4. The summed E-state index contributed by atoms with van der Waals surface area (Å²) in [5.74, 6) is 0.537. The van der Waals surface area contributed by atoms with Crippen molar-refractivity contribution in [1.29, 1.82) is 0 Å². The maximum Gasteiger partial charge on any atom is 0.180 e. The lowest BCUT2D eigenvalue weighted by molar-refractivity contribution is 0.347. The molecule has 1 aromatic carbocycles. The lowest BCUT2D eigenvalue weighted by atomic mass is 9.87. The van der Waals surface area contributed by atoms with Crippen molar-refractivity contribution in [1.82, 2.24) is 0 Å². The predicted molar refractivity (Wildman–Crippen MR) is 90.4 cm³/mol. The maximum atomic E-state index is 12.1. The van der Waals surface area contributed by atoms with E-state index >= 15 is 0 Å². The molecule has 1 N–H and O–H groups in total. The van der Waals surface area contributed by atoms with Gasteiger partial charge in [-0.2, -0.15) is 0 Å². The summed E-state index contributed by atoms with van der Waals surface area (Å²) < 4.78 is 24.3. The topological polar surface area (TPSA) is 54.4 Å². The lowest BCUT2D eigenvalue weighted by Gasteiger charge is -2.19. The molecule has 0 heterocycles. The quantitative estimate of drug-likeness (QED) is 0.896. The highest BCUT2D eigenvalue weighted by molar-refractivity contribution is 7.92. The molecule has 0 saturated heterocycles. The molecule has 1 aliphatic rings. The van der Waals surface area contributed by atoms with Crippen LogP contribution >= 0.6 is 0 Å². The number of hydrogen-bond donors (Lipinski definition) is 1. The van der Waals surface area contributed by atoms with Gasteiger partial charge in [0.2, 0.25) is 0 Å². The Morgan fingerprint density at radius 2 is 1.77 bits per heavy atom. The second-order valence-electron chi connectivity index (χ2n) is 6.37. The van der Waals surface area contributed by atoms with Gasteiger partial charge in [-0.1, -0.05) is 37.5 Å². The highest BCUT2D eigenvalue weighted by Crippen LogP contribution is 2.28. The van der Waals surface area contributed by atoms with Crippen molar-refractivity contribution in [3.8, 4) is 0 Å². The van der Waals surface area contributed by atoms with Crippen LogP contribution in [0.5, 0.6) is 0 Å². The van der Waals surface area contributed by atoms with Gasteiger partial charge in [-0.15, -0.1) is 0 Å². The van der Waals surface area contributed by atoms with E-state index in [1.807, 2.05) is 0 Å². The van der Waals surface area contributed by atoms with Crippen LogP contribution in [-0.4, -0.2) is 25.4 Å². The average molecular weight is 322 g/mol. The first kappa shape index (κ1) is 17.2. The minimum atomic E-state index is -3.24. The molecule has 3 nitrogen and oxygen atoms in total. The molecule has 0 radical (unpaired) electrons. The van der Waals surface area contributed by atoms with E-state index in [0.29, 0.717) is 10.8 Å². The summed E-state index contributed by atoms with van der Waals surface area (Å²) in [5.41, 5.74) is 1.82. The van der Waals surface area contributed by atoms with E-state index in [1.165, 1.54) is 32.1 Å². The third-order valence-electron chi connectivity index (χ3n) is 4.43. The normalized spacial score (nSPS) is 17.9. The third-order valence-corrected chi connectivity index (χ3v) is 6.60. The minimum absolute atomic E-state index is 0.00717. The Hall–Kier alpha value is -1.13. The van der Waals surface area contributed by atoms with Gasteiger partial charge in [-0.25, -0.2) is 8.42 Å². The van der Waals surface area contributed by atoms with E-state index in [-0.39, 0.29) is 6.61 Å². The molecule has 0 aliphatic heterocycles. The molecule has 1 saturated carbocycles. The first-order valence-corrected chi connectivity index (χ1v) is 9.65. The van der Waals surface area contributed by atoms with Crippen LogP contribution in [0.3, 0.4) is 0 Å². The van der Waals surface area contributed by atoms with Gasteiger partial charge in [0.15, 0.2) is 9.84 Å². The summed E-state index contributed by atoms with van der Waals surface area (Å²) in [6, 6.07) is 6.91. The van der Waals surface area contributed by atoms with E-state index in [1.54, 1.807) is 38.1 Å². The van der Waals surface area contributed by atoms with Gasteiger partial charge < -0.3 is 5.11 Å². The van der Waals surface area contributed by atoms with E-state index in [9.17, 15) is 13.5 Å². The molecule has 0 unspecified atom stereocenters. The highest BCUT2D eigenvalue weighted by Gasteiger charge is 2.19. The van der Waals surface area contributed by atoms with Gasteiger partial charge in [0, 0.05) is 0 Å². The number of aliphatic hydroxyl groups is 1. The summed E-state index contributed by atoms with van der Waals surface area (Å²) in [7, 11) is -3.24. The number of rotatable bonds is 5. The Morgan fingerprint density at radius 1 is 1.18 bits per heavy atom. The van der Waals surface area contributed by atoms with Gasteiger partial charge in [0.05, 0.1) is 16.8 Å². The van der Waals surface area contributed by atoms with Gasteiger partial charge >= 0.3 is 0 Å². The monoisotopic (exact) mass is 322 g/mol. The summed E-state index contributed by atoms with van der Waals surface area (Å²) in [6.07, 6.45) is 8.36. The van der Waals surface area contributed by atoms with Crippen molar-refractivity contribution in [2.75, 3.05) is 6.61 Å². The Morgan fingerprint density at radius 3 is 2.27 bits per heavy atom. The van der Waals surface area contributed by atoms with Crippen molar-refractivity contribution < 1.29 is 13.5 Å². The van der Waals surface area contributed by atoms with Gasteiger partial charge in [-0.05, 0) is 55.9 Å². The molecule has 4 heteroatoms. The number of aliphatic hydroxyl groups excluding tert-OH is 1.